The Morgan fingerprint density at radius 1 is 0.658 bits per heavy atom. The molecule has 0 unspecified atom stereocenters. The van der Waals surface area contributed by atoms with Gasteiger partial charge in [-0.1, -0.05) is 91.0 Å². The minimum atomic E-state index is -1.47. The van der Waals surface area contributed by atoms with E-state index in [2.05, 4.69) is 10.1 Å². The number of rotatable bonds is 11. The minimum Gasteiger partial charge on any atom is -0.469 e. The standard InChI is InChI=1S/C30H31NO7/c1-36-26(33)19-24(28(34)37-2)27(29(35)38-3)31-25(32)20-30(21-13-7-4-8-14-21,22-15-9-5-10-16-22)23-17-11-6-12-18-23/h4-18,24,27H,19-20H2,1-3H3,(H,31,32)/t24-,27+/m1/s1. The van der Waals surface area contributed by atoms with E-state index in [0.29, 0.717) is 0 Å². The number of carbonyl (C=O) groups excluding carboxylic acids is 4. The number of hydrogen-bond donors (Lipinski definition) is 1. The topological polar surface area (TPSA) is 108 Å². The van der Waals surface area contributed by atoms with Crippen molar-refractivity contribution in [3.05, 3.63) is 108 Å². The van der Waals surface area contributed by atoms with E-state index in [1.165, 1.54) is 0 Å². The van der Waals surface area contributed by atoms with Crippen LogP contribution in [0.1, 0.15) is 29.5 Å². The van der Waals surface area contributed by atoms with Gasteiger partial charge in [0.1, 0.15) is 6.04 Å². The van der Waals surface area contributed by atoms with Crippen LogP contribution in [0.4, 0.5) is 0 Å². The predicted molar refractivity (Wildman–Crippen MR) is 140 cm³/mol. The van der Waals surface area contributed by atoms with Gasteiger partial charge in [0, 0.05) is 6.42 Å². The zero-order valence-corrected chi connectivity index (χ0v) is 21.6. The summed E-state index contributed by atoms with van der Waals surface area (Å²) in [5, 5.41) is 2.65. The number of amides is 1. The first-order chi connectivity index (χ1) is 18.4. The fraction of sp³-hybridized carbons (Fsp3) is 0.267. The molecule has 0 aliphatic carbocycles. The number of esters is 3. The molecular formula is C30H31NO7. The maximum atomic E-state index is 13.8. The molecule has 0 aliphatic heterocycles. The van der Waals surface area contributed by atoms with Crippen molar-refractivity contribution in [3.8, 4) is 0 Å². The highest BCUT2D eigenvalue weighted by atomic mass is 16.5. The molecule has 3 aromatic rings. The fourth-order valence-electron chi connectivity index (χ4n) is 4.64. The molecule has 0 radical (unpaired) electrons. The first-order valence-corrected chi connectivity index (χ1v) is 12.1. The summed E-state index contributed by atoms with van der Waals surface area (Å²) in [7, 11) is 3.43. The molecular weight excluding hydrogens is 486 g/mol. The fourth-order valence-corrected chi connectivity index (χ4v) is 4.64. The lowest BCUT2D eigenvalue weighted by Gasteiger charge is -2.36. The molecule has 1 amide bonds. The number of hydrogen-bond acceptors (Lipinski definition) is 7. The summed E-state index contributed by atoms with van der Waals surface area (Å²) in [6.45, 7) is 0. The van der Waals surface area contributed by atoms with E-state index in [-0.39, 0.29) is 6.42 Å². The maximum Gasteiger partial charge on any atom is 0.329 e. The summed E-state index contributed by atoms with van der Waals surface area (Å²) in [6.07, 6.45) is -0.588. The quantitative estimate of drug-likeness (QED) is 0.236. The van der Waals surface area contributed by atoms with Gasteiger partial charge in [-0.3, -0.25) is 14.4 Å². The van der Waals surface area contributed by atoms with Crippen molar-refractivity contribution in [1.29, 1.82) is 0 Å². The third kappa shape index (κ3) is 6.26. The van der Waals surface area contributed by atoms with Crippen LogP contribution in [-0.2, 0) is 38.8 Å². The second-order valence-electron chi connectivity index (χ2n) is 8.66. The number of carbonyl (C=O) groups is 4. The molecule has 3 aromatic carbocycles. The molecule has 0 saturated heterocycles. The Morgan fingerprint density at radius 2 is 1.08 bits per heavy atom. The van der Waals surface area contributed by atoms with E-state index in [0.717, 1.165) is 38.0 Å². The van der Waals surface area contributed by atoms with Gasteiger partial charge < -0.3 is 19.5 Å². The summed E-state index contributed by atoms with van der Waals surface area (Å²) in [5.41, 5.74) is 1.65. The molecule has 0 aliphatic rings. The van der Waals surface area contributed by atoms with Gasteiger partial charge in [-0.2, -0.15) is 0 Å². The lowest BCUT2D eigenvalue weighted by Crippen LogP contribution is -2.51. The highest BCUT2D eigenvalue weighted by Gasteiger charge is 2.42. The molecule has 0 heterocycles. The molecule has 0 aromatic heterocycles. The van der Waals surface area contributed by atoms with Gasteiger partial charge in [0.25, 0.3) is 0 Å². The van der Waals surface area contributed by atoms with Crippen LogP contribution >= 0.6 is 0 Å². The number of benzene rings is 3. The van der Waals surface area contributed by atoms with Crippen LogP contribution in [-0.4, -0.2) is 51.2 Å². The molecule has 0 fully saturated rings. The summed E-state index contributed by atoms with van der Waals surface area (Å²) in [6, 6.07) is 27.3. The van der Waals surface area contributed by atoms with Crippen LogP contribution < -0.4 is 5.32 Å². The SMILES string of the molecule is COC(=O)C[C@@H](C(=O)OC)[C@H](NC(=O)CC(c1ccccc1)(c1ccccc1)c1ccccc1)C(=O)OC. The first-order valence-electron chi connectivity index (χ1n) is 12.1. The molecule has 0 saturated carbocycles. The zero-order valence-electron chi connectivity index (χ0n) is 21.6. The molecule has 198 valence electrons. The summed E-state index contributed by atoms with van der Waals surface area (Å²) in [5.74, 6) is -4.36. The first kappa shape index (κ1) is 28.1. The van der Waals surface area contributed by atoms with Gasteiger partial charge in [0.05, 0.1) is 39.1 Å². The summed E-state index contributed by atoms with van der Waals surface area (Å²) < 4.78 is 14.4. The molecule has 2 atom stereocenters. The van der Waals surface area contributed by atoms with E-state index in [4.69, 9.17) is 9.47 Å². The van der Waals surface area contributed by atoms with E-state index in [9.17, 15) is 19.2 Å². The second kappa shape index (κ2) is 13.2. The minimum absolute atomic E-state index is 0.106. The molecule has 3 rings (SSSR count). The molecule has 1 N–H and O–H groups in total. The summed E-state index contributed by atoms with van der Waals surface area (Å²) >= 11 is 0. The van der Waals surface area contributed by atoms with Gasteiger partial charge in [-0.25, -0.2) is 4.79 Å². The van der Waals surface area contributed by atoms with Crippen LogP contribution in [0.25, 0.3) is 0 Å². The van der Waals surface area contributed by atoms with Crippen LogP contribution in [0.2, 0.25) is 0 Å². The number of ether oxygens (including phenoxy) is 3. The molecule has 38 heavy (non-hydrogen) atoms. The lowest BCUT2D eigenvalue weighted by molar-refractivity contribution is -0.159. The largest absolute Gasteiger partial charge is 0.469 e. The van der Waals surface area contributed by atoms with Crippen molar-refractivity contribution in [2.75, 3.05) is 21.3 Å². The van der Waals surface area contributed by atoms with Gasteiger partial charge in [0.2, 0.25) is 5.91 Å². The van der Waals surface area contributed by atoms with E-state index in [1.807, 2.05) is 91.0 Å². The van der Waals surface area contributed by atoms with Crippen LogP contribution in [0.5, 0.6) is 0 Å². The van der Waals surface area contributed by atoms with Crippen LogP contribution in [0.15, 0.2) is 91.0 Å². The average Bonchev–Trinajstić information content (AvgIpc) is 2.98. The van der Waals surface area contributed by atoms with E-state index >= 15 is 0 Å². The average molecular weight is 518 g/mol. The van der Waals surface area contributed by atoms with Gasteiger partial charge >= 0.3 is 17.9 Å². The Balaban J connectivity index is 2.10. The van der Waals surface area contributed by atoms with Crippen molar-refractivity contribution in [2.24, 2.45) is 5.92 Å². The Hall–Kier alpha value is -4.46. The molecule has 8 heteroatoms. The van der Waals surface area contributed by atoms with Crippen molar-refractivity contribution in [3.63, 3.8) is 0 Å². The third-order valence-electron chi connectivity index (χ3n) is 6.52. The monoisotopic (exact) mass is 517 g/mol. The Labute approximate surface area is 221 Å². The smallest absolute Gasteiger partial charge is 0.329 e. The highest BCUT2D eigenvalue weighted by molar-refractivity contribution is 5.92. The van der Waals surface area contributed by atoms with Gasteiger partial charge in [0.15, 0.2) is 0 Å². The van der Waals surface area contributed by atoms with E-state index in [1.54, 1.807) is 0 Å². The Kier molecular flexibility index (Phi) is 9.76. The van der Waals surface area contributed by atoms with Crippen LogP contribution in [0.3, 0.4) is 0 Å². The van der Waals surface area contributed by atoms with E-state index < -0.39 is 47.6 Å². The molecule has 0 spiro atoms. The highest BCUT2D eigenvalue weighted by Crippen LogP contribution is 2.42. The molecule has 0 bridgehead atoms. The Morgan fingerprint density at radius 3 is 1.45 bits per heavy atom. The van der Waals surface area contributed by atoms with Crippen molar-refractivity contribution in [1.82, 2.24) is 5.32 Å². The predicted octanol–water partition coefficient (Wildman–Crippen LogP) is 3.42. The third-order valence-corrected chi connectivity index (χ3v) is 6.52. The lowest BCUT2D eigenvalue weighted by atomic mass is 9.67. The summed E-state index contributed by atoms with van der Waals surface area (Å²) in [4.78, 5) is 51.2. The molecule has 8 nitrogen and oxygen atoms in total. The normalized spacial score (nSPS) is 12.5. The zero-order chi connectivity index (χ0) is 27.5. The van der Waals surface area contributed by atoms with Crippen LogP contribution in [0, 0.1) is 5.92 Å². The van der Waals surface area contributed by atoms with Crippen molar-refractivity contribution >= 4 is 23.8 Å². The van der Waals surface area contributed by atoms with Crippen molar-refractivity contribution < 1.29 is 33.4 Å². The second-order valence-corrected chi connectivity index (χ2v) is 8.66. The Bertz CT molecular complexity index is 1130. The number of methoxy groups -OCH3 is 3. The van der Waals surface area contributed by atoms with Gasteiger partial charge in [-0.05, 0) is 16.7 Å². The van der Waals surface area contributed by atoms with Crippen molar-refractivity contribution in [2.45, 2.75) is 24.3 Å². The maximum absolute atomic E-state index is 13.8. The van der Waals surface area contributed by atoms with Gasteiger partial charge in [-0.15, -0.1) is 0 Å². The number of nitrogens with one attached hydrogen (secondary N) is 1.